The average molecular weight is 570 g/mol. The number of nitro benzene ring substituents is 1. The van der Waals surface area contributed by atoms with E-state index in [1.807, 2.05) is 0 Å². The van der Waals surface area contributed by atoms with Crippen LogP contribution in [0.15, 0.2) is 47.6 Å². The average Bonchev–Trinajstić information content (AvgIpc) is 2.78. The number of hydrogen-bond acceptors (Lipinski definition) is 9. The van der Waals surface area contributed by atoms with Gasteiger partial charge in [-0.05, 0) is 24.3 Å². The Labute approximate surface area is 212 Å². The molecule has 2 aromatic carbocycles. The Hall–Kier alpha value is -3.92. The van der Waals surface area contributed by atoms with Crippen LogP contribution in [0.5, 0.6) is 6.01 Å². The Balaban J connectivity index is 1.93. The molecule has 0 saturated heterocycles. The van der Waals surface area contributed by atoms with Crippen LogP contribution in [0, 0.1) is 10.1 Å². The van der Waals surface area contributed by atoms with Gasteiger partial charge in [0.1, 0.15) is 0 Å². The van der Waals surface area contributed by atoms with Gasteiger partial charge in [-0.2, -0.15) is 46.4 Å². The molecule has 196 valence electrons. The lowest BCUT2D eigenvalue weighted by molar-refractivity contribution is -0.384. The maximum atomic E-state index is 13.0. The highest BCUT2D eigenvalue weighted by Gasteiger charge is 2.59. The highest BCUT2D eigenvalue weighted by atomic mass is 35.5. The van der Waals surface area contributed by atoms with Crippen molar-refractivity contribution >= 4 is 52.7 Å². The summed E-state index contributed by atoms with van der Waals surface area (Å²) < 4.78 is 81.8. The van der Waals surface area contributed by atoms with E-state index < -0.39 is 41.3 Å². The standard InChI is InChI=1S/C19H11Cl2F6N7O3/c20-10-2-1-9(13(21)7-10)8-28-33-16-30-15(29-11-3-5-12(6-4-11)34(35)36)31-17(32-16)37-14(18(22,23)24)19(25,26)27/h1-8,14H,(H2,29,30,31,32,33)/b28-8-. The van der Waals surface area contributed by atoms with Crippen molar-refractivity contribution in [2.24, 2.45) is 5.10 Å². The van der Waals surface area contributed by atoms with Gasteiger partial charge >= 0.3 is 18.4 Å². The minimum Gasteiger partial charge on any atom is -0.440 e. The van der Waals surface area contributed by atoms with Crippen molar-refractivity contribution in [3.8, 4) is 6.01 Å². The minimum atomic E-state index is -5.84. The summed E-state index contributed by atoms with van der Waals surface area (Å²) in [6, 6.07) is 7.60. The lowest BCUT2D eigenvalue weighted by Crippen LogP contribution is -2.46. The van der Waals surface area contributed by atoms with Gasteiger partial charge in [-0.1, -0.05) is 29.3 Å². The number of hydrogen-bond donors (Lipinski definition) is 2. The molecule has 3 rings (SSSR count). The number of benzene rings is 2. The number of nitrogens with zero attached hydrogens (tertiary/aromatic N) is 5. The van der Waals surface area contributed by atoms with E-state index in [1.54, 1.807) is 0 Å². The summed E-state index contributed by atoms with van der Waals surface area (Å²) in [5.74, 6) is -1.18. The van der Waals surface area contributed by atoms with Crippen LogP contribution >= 0.6 is 23.2 Å². The summed E-state index contributed by atoms with van der Waals surface area (Å²) in [5.41, 5.74) is 2.40. The summed E-state index contributed by atoms with van der Waals surface area (Å²) in [6.45, 7) is 0. The number of halogens is 8. The van der Waals surface area contributed by atoms with E-state index in [-0.39, 0.29) is 16.4 Å². The fraction of sp³-hybridized carbons (Fsp3) is 0.158. The molecular weight excluding hydrogens is 559 g/mol. The van der Waals surface area contributed by atoms with Gasteiger partial charge in [0.2, 0.25) is 5.95 Å². The van der Waals surface area contributed by atoms with Crippen molar-refractivity contribution in [2.45, 2.75) is 18.5 Å². The predicted molar refractivity (Wildman–Crippen MR) is 120 cm³/mol. The molecule has 0 amide bonds. The van der Waals surface area contributed by atoms with Gasteiger partial charge in [0.25, 0.3) is 17.7 Å². The molecule has 0 unspecified atom stereocenters. The van der Waals surface area contributed by atoms with Crippen LogP contribution in [0.25, 0.3) is 0 Å². The van der Waals surface area contributed by atoms with E-state index in [4.69, 9.17) is 23.2 Å². The van der Waals surface area contributed by atoms with Crippen molar-refractivity contribution in [1.29, 1.82) is 0 Å². The molecule has 0 radical (unpaired) electrons. The molecule has 18 heteroatoms. The second-order valence-electron chi connectivity index (χ2n) is 6.81. The summed E-state index contributed by atoms with van der Waals surface area (Å²) in [6.07, 6.45) is -14.8. The number of hydrazone groups is 1. The first kappa shape index (κ1) is 27.7. The van der Waals surface area contributed by atoms with Crippen LogP contribution in [0.3, 0.4) is 0 Å². The quantitative estimate of drug-likeness (QED) is 0.143. The Kier molecular flexibility index (Phi) is 8.22. The fourth-order valence-electron chi connectivity index (χ4n) is 2.50. The SMILES string of the molecule is O=[N+]([O-])c1ccc(Nc2nc(N/N=C\c3ccc(Cl)cc3Cl)nc(OC(C(F)(F)F)C(F)(F)F)n2)cc1. The largest absolute Gasteiger partial charge is 0.440 e. The first-order valence-electron chi connectivity index (χ1n) is 9.54. The molecule has 2 N–H and O–H groups in total. The Morgan fingerprint density at radius 3 is 2.16 bits per heavy atom. The van der Waals surface area contributed by atoms with Crippen LogP contribution in [0.2, 0.25) is 10.0 Å². The monoisotopic (exact) mass is 569 g/mol. The second-order valence-corrected chi connectivity index (χ2v) is 7.65. The second kappa shape index (κ2) is 11.0. The number of anilines is 3. The third-order valence-electron chi connectivity index (χ3n) is 4.10. The molecule has 1 aromatic heterocycles. The number of alkyl halides is 6. The molecule has 0 saturated carbocycles. The molecule has 0 fully saturated rings. The summed E-state index contributed by atoms with van der Waals surface area (Å²) >= 11 is 11.8. The van der Waals surface area contributed by atoms with Gasteiger partial charge in [0.05, 0.1) is 16.2 Å². The summed E-state index contributed by atoms with van der Waals surface area (Å²) in [7, 11) is 0. The van der Waals surface area contributed by atoms with Crippen molar-refractivity contribution in [2.75, 3.05) is 10.7 Å². The Morgan fingerprint density at radius 2 is 1.59 bits per heavy atom. The first-order valence-corrected chi connectivity index (χ1v) is 10.3. The lowest BCUT2D eigenvalue weighted by Gasteiger charge is -2.22. The van der Waals surface area contributed by atoms with Gasteiger partial charge < -0.3 is 10.1 Å². The van der Waals surface area contributed by atoms with Crippen molar-refractivity contribution in [1.82, 2.24) is 15.0 Å². The van der Waals surface area contributed by atoms with E-state index in [9.17, 15) is 36.5 Å². The highest BCUT2D eigenvalue weighted by molar-refractivity contribution is 6.36. The van der Waals surface area contributed by atoms with Crippen molar-refractivity contribution in [3.05, 3.63) is 68.2 Å². The molecule has 0 spiro atoms. The van der Waals surface area contributed by atoms with Gasteiger partial charge in [0.15, 0.2) is 0 Å². The van der Waals surface area contributed by atoms with Gasteiger partial charge in [-0.25, -0.2) is 5.43 Å². The zero-order valence-corrected chi connectivity index (χ0v) is 19.2. The fourth-order valence-corrected chi connectivity index (χ4v) is 2.96. The van der Waals surface area contributed by atoms with Gasteiger partial charge in [-0.3, -0.25) is 10.1 Å². The summed E-state index contributed by atoms with van der Waals surface area (Å²) in [4.78, 5) is 20.7. The number of nitro groups is 1. The number of rotatable bonds is 8. The molecule has 3 aromatic rings. The third kappa shape index (κ3) is 7.78. The number of non-ortho nitro benzene ring substituents is 1. The van der Waals surface area contributed by atoms with Crippen LogP contribution in [-0.4, -0.2) is 44.5 Å². The molecule has 37 heavy (non-hydrogen) atoms. The van der Waals surface area contributed by atoms with Crippen LogP contribution in [0.1, 0.15) is 5.56 Å². The predicted octanol–water partition coefficient (Wildman–Crippen LogP) is 6.15. The van der Waals surface area contributed by atoms with Gasteiger partial charge in [0, 0.05) is 28.4 Å². The van der Waals surface area contributed by atoms with E-state index >= 15 is 0 Å². The molecule has 0 aliphatic rings. The Bertz CT molecular complexity index is 1290. The molecule has 10 nitrogen and oxygen atoms in total. The molecule has 0 atom stereocenters. The van der Waals surface area contributed by atoms with Crippen LogP contribution in [-0.2, 0) is 0 Å². The first-order chi connectivity index (χ1) is 17.2. The maximum Gasteiger partial charge on any atom is 0.434 e. The Morgan fingerprint density at radius 1 is 0.973 bits per heavy atom. The maximum absolute atomic E-state index is 13.0. The third-order valence-corrected chi connectivity index (χ3v) is 4.66. The van der Waals surface area contributed by atoms with Crippen LogP contribution in [0.4, 0.5) is 49.6 Å². The van der Waals surface area contributed by atoms with E-state index in [0.717, 1.165) is 18.3 Å². The van der Waals surface area contributed by atoms with E-state index in [0.29, 0.717) is 10.6 Å². The van der Waals surface area contributed by atoms with Crippen molar-refractivity contribution in [3.63, 3.8) is 0 Å². The minimum absolute atomic E-state index is 0.105. The topological polar surface area (TPSA) is 127 Å². The number of nitrogens with one attached hydrogen (secondary N) is 2. The number of aromatic nitrogens is 3. The molecule has 0 aliphatic heterocycles. The molecule has 0 aliphatic carbocycles. The van der Waals surface area contributed by atoms with Crippen molar-refractivity contribution < 1.29 is 36.0 Å². The van der Waals surface area contributed by atoms with E-state index in [1.165, 1.54) is 30.3 Å². The molecule has 0 bridgehead atoms. The zero-order valence-electron chi connectivity index (χ0n) is 17.7. The summed E-state index contributed by atoms with van der Waals surface area (Å²) in [5, 5.41) is 17.5. The number of ether oxygens (including phenoxy) is 1. The van der Waals surface area contributed by atoms with E-state index in [2.05, 4.69) is 35.5 Å². The van der Waals surface area contributed by atoms with Gasteiger partial charge in [-0.15, -0.1) is 0 Å². The zero-order chi connectivity index (χ0) is 27.4. The van der Waals surface area contributed by atoms with Crippen LogP contribution < -0.4 is 15.5 Å². The highest BCUT2D eigenvalue weighted by Crippen LogP contribution is 2.36. The molecular formula is C19H11Cl2F6N7O3. The smallest absolute Gasteiger partial charge is 0.434 e. The normalized spacial score (nSPS) is 12.1. The molecule has 1 heterocycles. The lowest BCUT2D eigenvalue weighted by atomic mass is 10.2.